The van der Waals surface area contributed by atoms with Crippen LogP contribution in [-0.4, -0.2) is 32.3 Å². The highest BCUT2D eigenvalue weighted by Crippen LogP contribution is 2.22. The first kappa shape index (κ1) is 14.2. The molecular formula is C11H14ClN3O3. The molecule has 0 fully saturated rings. The minimum atomic E-state index is -0.522. The fraction of sp³-hybridized carbons (Fsp3) is 0.364. The van der Waals surface area contributed by atoms with Gasteiger partial charge in [-0.15, -0.1) is 0 Å². The summed E-state index contributed by atoms with van der Waals surface area (Å²) in [5, 5.41) is 13.1. The van der Waals surface area contributed by atoms with Crippen LogP contribution in [-0.2, 0) is 4.74 Å². The van der Waals surface area contributed by atoms with E-state index in [0.717, 1.165) is 0 Å². The van der Waals surface area contributed by atoms with Crippen molar-refractivity contribution in [3.8, 4) is 5.75 Å². The van der Waals surface area contributed by atoms with Crippen LogP contribution in [0.5, 0.6) is 5.75 Å². The fourth-order valence-corrected chi connectivity index (χ4v) is 1.36. The number of rotatable bonds is 2. The monoisotopic (exact) mass is 271 g/mol. The van der Waals surface area contributed by atoms with Crippen LogP contribution < -0.4 is 0 Å². The van der Waals surface area contributed by atoms with E-state index in [-0.39, 0.29) is 28.7 Å². The van der Waals surface area contributed by atoms with Gasteiger partial charge in [-0.05, 0) is 6.92 Å². The van der Waals surface area contributed by atoms with E-state index >= 15 is 0 Å². The van der Waals surface area contributed by atoms with Gasteiger partial charge in [-0.25, -0.2) is 14.3 Å². The lowest BCUT2D eigenvalue weighted by molar-refractivity contribution is 0.0528. The van der Waals surface area contributed by atoms with E-state index in [2.05, 4.69) is 10.1 Å². The molecule has 1 N–H and O–H groups in total. The Morgan fingerprint density at radius 1 is 1.56 bits per heavy atom. The Labute approximate surface area is 109 Å². The molecule has 7 heteroatoms. The number of aromatic nitrogens is 3. The molecule has 98 valence electrons. The molecule has 2 aromatic heterocycles. The van der Waals surface area contributed by atoms with E-state index < -0.39 is 5.97 Å². The maximum atomic E-state index is 11.5. The van der Waals surface area contributed by atoms with Crippen LogP contribution in [0.3, 0.4) is 0 Å². The fourth-order valence-electron chi connectivity index (χ4n) is 1.23. The average molecular weight is 272 g/mol. The Morgan fingerprint density at radius 2 is 2.22 bits per heavy atom. The molecule has 0 aromatic carbocycles. The lowest BCUT2D eigenvalue weighted by Crippen LogP contribution is -2.04. The molecular weight excluding hydrogens is 258 g/mol. The van der Waals surface area contributed by atoms with Gasteiger partial charge >= 0.3 is 5.97 Å². The molecule has 0 radical (unpaired) electrons. The molecule has 2 aromatic rings. The molecule has 0 saturated carbocycles. The number of halogens is 1. The van der Waals surface area contributed by atoms with Gasteiger partial charge in [-0.3, -0.25) is 0 Å². The number of hydrogen-bond acceptors (Lipinski definition) is 5. The summed E-state index contributed by atoms with van der Waals surface area (Å²) in [5.41, 5.74) is 0.463. The van der Waals surface area contributed by atoms with Gasteiger partial charge in [0.05, 0.1) is 19.0 Å². The molecule has 0 spiro atoms. The van der Waals surface area contributed by atoms with Crippen molar-refractivity contribution in [1.82, 2.24) is 14.6 Å². The third-order valence-corrected chi connectivity index (χ3v) is 2.20. The van der Waals surface area contributed by atoms with Crippen LogP contribution >= 0.6 is 11.6 Å². The van der Waals surface area contributed by atoms with Crippen molar-refractivity contribution in [3.63, 3.8) is 0 Å². The van der Waals surface area contributed by atoms with Gasteiger partial charge in [-0.2, -0.15) is 5.10 Å². The zero-order valence-electron chi connectivity index (χ0n) is 10.3. The summed E-state index contributed by atoms with van der Waals surface area (Å²) in [7, 11) is 0. The molecule has 0 aliphatic rings. The zero-order valence-corrected chi connectivity index (χ0v) is 11.1. The van der Waals surface area contributed by atoms with Crippen molar-refractivity contribution in [3.05, 3.63) is 23.1 Å². The highest BCUT2D eigenvalue weighted by atomic mass is 35.5. The zero-order chi connectivity index (χ0) is 13.7. The minimum Gasteiger partial charge on any atom is -0.504 e. The predicted molar refractivity (Wildman–Crippen MR) is 67.0 cm³/mol. The smallest absolute Gasteiger partial charge is 0.343 e. The third kappa shape index (κ3) is 2.70. The first-order chi connectivity index (χ1) is 8.63. The van der Waals surface area contributed by atoms with E-state index in [1.807, 2.05) is 13.8 Å². The second-order valence-corrected chi connectivity index (χ2v) is 3.32. The first-order valence-electron chi connectivity index (χ1n) is 5.53. The lowest BCUT2D eigenvalue weighted by atomic mass is 10.3. The van der Waals surface area contributed by atoms with Crippen molar-refractivity contribution in [2.75, 3.05) is 6.61 Å². The molecule has 0 unspecified atom stereocenters. The highest BCUT2D eigenvalue weighted by molar-refractivity contribution is 6.30. The summed E-state index contributed by atoms with van der Waals surface area (Å²) in [5.74, 6) is -0.723. The Bertz CT molecular complexity index is 554. The average Bonchev–Trinajstić information content (AvgIpc) is 2.75. The normalized spacial score (nSPS) is 9.78. The molecule has 0 saturated heterocycles. The molecule has 0 aliphatic carbocycles. The Balaban J connectivity index is 0.000000771. The van der Waals surface area contributed by atoms with Gasteiger partial charge < -0.3 is 9.84 Å². The number of aromatic hydroxyl groups is 1. The van der Waals surface area contributed by atoms with Crippen LogP contribution in [0.15, 0.2) is 12.4 Å². The van der Waals surface area contributed by atoms with Crippen molar-refractivity contribution >= 4 is 23.2 Å². The van der Waals surface area contributed by atoms with E-state index in [9.17, 15) is 9.90 Å². The summed E-state index contributed by atoms with van der Waals surface area (Å²) < 4.78 is 6.08. The van der Waals surface area contributed by atoms with Crippen LogP contribution in [0.25, 0.3) is 5.65 Å². The Hall–Kier alpha value is -1.82. The third-order valence-electron chi connectivity index (χ3n) is 1.92. The predicted octanol–water partition coefficient (Wildman–Crippen LogP) is 2.29. The SMILES string of the molecule is CC.CCOC(=O)c1cnn2cc(O)c(Cl)nc12. The van der Waals surface area contributed by atoms with E-state index in [4.69, 9.17) is 16.3 Å². The van der Waals surface area contributed by atoms with Crippen molar-refractivity contribution in [2.24, 2.45) is 0 Å². The molecule has 2 rings (SSSR count). The van der Waals surface area contributed by atoms with Crippen molar-refractivity contribution in [2.45, 2.75) is 20.8 Å². The largest absolute Gasteiger partial charge is 0.504 e. The van der Waals surface area contributed by atoms with Crippen LogP contribution in [0.4, 0.5) is 0 Å². The van der Waals surface area contributed by atoms with Crippen LogP contribution in [0.1, 0.15) is 31.1 Å². The number of fused-ring (bicyclic) bond motifs is 1. The van der Waals surface area contributed by atoms with Gasteiger partial charge in [0.1, 0.15) is 5.56 Å². The van der Waals surface area contributed by atoms with Crippen molar-refractivity contribution < 1.29 is 14.6 Å². The molecule has 6 nitrogen and oxygen atoms in total. The summed E-state index contributed by atoms with van der Waals surface area (Å²) in [6.07, 6.45) is 2.59. The molecule has 2 heterocycles. The Morgan fingerprint density at radius 3 is 2.83 bits per heavy atom. The quantitative estimate of drug-likeness (QED) is 0.670. The summed E-state index contributed by atoms with van der Waals surface area (Å²) >= 11 is 5.64. The lowest BCUT2D eigenvalue weighted by Gasteiger charge is -2.00. The molecule has 0 atom stereocenters. The van der Waals surface area contributed by atoms with Gasteiger partial charge in [0.15, 0.2) is 16.5 Å². The number of hydrogen-bond donors (Lipinski definition) is 1. The van der Waals surface area contributed by atoms with Gasteiger partial charge in [0, 0.05) is 0 Å². The molecule has 0 amide bonds. The summed E-state index contributed by atoms with van der Waals surface area (Å²) in [6.45, 7) is 5.97. The van der Waals surface area contributed by atoms with Crippen molar-refractivity contribution in [1.29, 1.82) is 0 Å². The van der Waals surface area contributed by atoms with Crippen LogP contribution in [0, 0.1) is 0 Å². The van der Waals surface area contributed by atoms with E-state index in [1.165, 1.54) is 16.9 Å². The number of esters is 1. The van der Waals surface area contributed by atoms with Crippen LogP contribution in [0.2, 0.25) is 5.15 Å². The summed E-state index contributed by atoms with van der Waals surface area (Å²) in [4.78, 5) is 15.3. The van der Waals surface area contributed by atoms with E-state index in [0.29, 0.717) is 0 Å². The second-order valence-electron chi connectivity index (χ2n) is 2.96. The molecule has 0 bridgehead atoms. The van der Waals surface area contributed by atoms with Gasteiger partial charge in [0.25, 0.3) is 0 Å². The maximum Gasteiger partial charge on any atom is 0.343 e. The topological polar surface area (TPSA) is 76.7 Å². The first-order valence-corrected chi connectivity index (χ1v) is 5.91. The molecule has 0 aliphatic heterocycles. The van der Waals surface area contributed by atoms with Gasteiger partial charge in [-0.1, -0.05) is 25.4 Å². The van der Waals surface area contributed by atoms with E-state index in [1.54, 1.807) is 6.92 Å². The summed E-state index contributed by atoms with van der Waals surface area (Å²) in [6, 6.07) is 0. The second kappa shape index (κ2) is 6.20. The number of ether oxygens (including phenoxy) is 1. The molecule has 18 heavy (non-hydrogen) atoms. The van der Waals surface area contributed by atoms with Gasteiger partial charge in [0.2, 0.25) is 0 Å². The highest BCUT2D eigenvalue weighted by Gasteiger charge is 2.16. The number of nitrogens with zero attached hydrogens (tertiary/aromatic N) is 3. The minimum absolute atomic E-state index is 0.0847. The Kier molecular flexibility index (Phi) is 4.91. The maximum absolute atomic E-state index is 11.5. The standard InChI is InChI=1S/C9H8ClN3O3.C2H6/c1-2-16-9(15)5-3-11-13-4-6(14)7(10)12-8(5)13;1-2/h3-4,14H,2H2,1H3;1-2H3. The number of carbonyl (C=O) groups excluding carboxylic acids is 1. The number of carbonyl (C=O) groups is 1.